The molecule has 1 N–H and O–H groups in total. The normalized spacial score (nSPS) is 27.5. The van der Waals surface area contributed by atoms with E-state index in [4.69, 9.17) is 0 Å². The van der Waals surface area contributed by atoms with Gasteiger partial charge in [0.05, 0.1) is 6.10 Å². The van der Waals surface area contributed by atoms with Gasteiger partial charge in [0.2, 0.25) is 0 Å². The summed E-state index contributed by atoms with van der Waals surface area (Å²) in [7, 11) is 0. The van der Waals surface area contributed by atoms with Crippen molar-refractivity contribution in [3.63, 3.8) is 0 Å². The Bertz CT molecular complexity index is 136. The Hall–Kier alpha value is -0.0800. The molecule has 1 rings (SSSR count). The zero-order valence-corrected chi connectivity index (χ0v) is 9.00. The summed E-state index contributed by atoms with van der Waals surface area (Å²) >= 11 is 0. The molecular formula is C11H23NO. The van der Waals surface area contributed by atoms with Crippen LogP contribution in [0, 0.1) is 0 Å². The van der Waals surface area contributed by atoms with Crippen molar-refractivity contribution in [2.24, 2.45) is 0 Å². The van der Waals surface area contributed by atoms with Crippen molar-refractivity contribution in [1.82, 2.24) is 4.90 Å². The Morgan fingerprint density at radius 2 is 2.23 bits per heavy atom. The van der Waals surface area contributed by atoms with E-state index < -0.39 is 0 Å². The number of hydrogen-bond donors (Lipinski definition) is 1. The molecule has 1 saturated heterocycles. The van der Waals surface area contributed by atoms with Crippen molar-refractivity contribution in [2.45, 2.75) is 58.1 Å². The highest BCUT2D eigenvalue weighted by Gasteiger charge is 2.20. The minimum atomic E-state index is -0.139. The number of aliphatic hydroxyl groups is 1. The Morgan fingerprint density at radius 1 is 1.46 bits per heavy atom. The smallest absolute Gasteiger partial charge is 0.0524 e. The molecule has 0 spiro atoms. The van der Waals surface area contributed by atoms with Crippen LogP contribution in [0.25, 0.3) is 0 Å². The third-order valence-electron chi connectivity index (χ3n) is 3.05. The fourth-order valence-corrected chi connectivity index (χ4v) is 2.17. The molecule has 1 aliphatic rings. The summed E-state index contributed by atoms with van der Waals surface area (Å²) in [4.78, 5) is 2.55. The van der Waals surface area contributed by atoms with Crippen molar-refractivity contribution in [3.8, 4) is 0 Å². The van der Waals surface area contributed by atoms with Crippen LogP contribution >= 0.6 is 0 Å². The van der Waals surface area contributed by atoms with Crippen LogP contribution in [0.2, 0.25) is 0 Å². The second kappa shape index (κ2) is 5.61. The molecule has 1 heterocycles. The molecule has 1 fully saturated rings. The zero-order chi connectivity index (χ0) is 9.68. The average molecular weight is 185 g/mol. The van der Waals surface area contributed by atoms with Crippen LogP contribution in [0.1, 0.15) is 46.0 Å². The molecule has 2 atom stereocenters. The molecule has 2 unspecified atom stereocenters. The largest absolute Gasteiger partial charge is 0.393 e. The lowest BCUT2D eigenvalue weighted by atomic mass is 9.99. The summed E-state index contributed by atoms with van der Waals surface area (Å²) in [6.45, 7) is 6.47. The molecule has 0 aromatic heterocycles. The fraction of sp³-hybridized carbons (Fsp3) is 1.00. The van der Waals surface area contributed by atoms with Crippen LogP contribution in [-0.2, 0) is 0 Å². The maximum absolute atomic E-state index is 9.22. The number of hydrogen-bond acceptors (Lipinski definition) is 2. The minimum Gasteiger partial charge on any atom is -0.393 e. The van der Waals surface area contributed by atoms with Gasteiger partial charge in [-0.1, -0.05) is 13.3 Å². The third-order valence-corrected chi connectivity index (χ3v) is 3.05. The molecule has 2 heteroatoms. The highest BCUT2D eigenvalue weighted by Crippen LogP contribution is 2.19. The van der Waals surface area contributed by atoms with Gasteiger partial charge >= 0.3 is 0 Å². The first-order valence-electron chi connectivity index (χ1n) is 5.66. The first-order valence-corrected chi connectivity index (χ1v) is 5.66. The van der Waals surface area contributed by atoms with Gasteiger partial charge in [0.1, 0.15) is 0 Å². The second-order valence-electron chi connectivity index (χ2n) is 4.23. The van der Waals surface area contributed by atoms with E-state index in [1.807, 2.05) is 6.92 Å². The molecule has 0 aromatic carbocycles. The predicted octanol–water partition coefficient (Wildman–Crippen LogP) is 2.02. The second-order valence-corrected chi connectivity index (χ2v) is 4.23. The van der Waals surface area contributed by atoms with Crippen LogP contribution < -0.4 is 0 Å². The summed E-state index contributed by atoms with van der Waals surface area (Å²) in [6.07, 6.45) is 6.14. The Labute approximate surface area is 81.9 Å². The first-order chi connectivity index (χ1) is 6.24. The molecule has 2 nitrogen and oxygen atoms in total. The molecule has 0 aromatic rings. The van der Waals surface area contributed by atoms with Gasteiger partial charge in [-0.25, -0.2) is 0 Å². The zero-order valence-electron chi connectivity index (χ0n) is 9.00. The van der Waals surface area contributed by atoms with Crippen molar-refractivity contribution in [1.29, 1.82) is 0 Å². The van der Waals surface area contributed by atoms with Gasteiger partial charge in [-0.3, -0.25) is 0 Å². The monoisotopic (exact) mass is 185 g/mol. The van der Waals surface area contributed by atoms with Crippen LogP contribution in [-0.4, -0.2) is 35.2 Å². The van der Waals surface area contributed by atoms with E-state index in [9.17, 15) is 5.11 Å². The average Bonchev–Trinajstić information content (AvgIpc) is 2.15. The fourth-order valence-electron chi connectivity index (χ4n) is 2.17. The maximum Gasteiger partial charge on any atom is 0.0524 e. The van der Waals surface area contributed by atoms with Gasteiger partial charge in [-0.2, -0.15) is 0 Å². The van der Waals surface area contributed by atoms with Crippen LogP contribution in [0.3, 0.4) is 0 Å². The standard InChI is InChI=1S/C11H23NO/c1-3-11-6-4-5-8-12(11)9-7-10(2)13/h10-11,13H,3-9H2,1-2H3. The molecule has 0 bridgehead atoms. The maximum atomic E-state index is 9.22. The number of rotatable bonds is 4. The van der Waals surface area contributed by atoms with E-state index in [1.54, 1.807) is 0 Å². The summed E-state index contributed by atoms with van der Waals surface area (Å²) in [5, 5.41) is 9.22. The third kappa shape index (κ3) is 3.65. The van der Waals surface area contributed by atoms with Crippen LogP contribution in [0.5, 0.6) is 0 Å². The minimum absolute atomic E-state index is 0.139. The SMILES string of the molecule is CCC1CCCCN1CCC(C)O. The Morgan fingerprint density at radius 3 is 2.85 bits per heavy atom. The first kappa shape index (κ1) is 11.0. The van der Waals surface area contributed by atoms with Crippen molar-refractivity contribution in [2.75, 3.05) is 13.1 Å². The highest BCUT2D eigenvalue weighted by molar-refractivity contribution is 4.75. The van der Waals surface area contributed by atoms with Crippen molar-refractivity contribution in [3.05, 3.63) is 0 Å². The topological polar surface area (TPSA) is 23.5 Å². The number of aliphatic hydroxyl groups excluding tert-OH is 1. The molecular weight excluding hydrogens is 162 g/mol. The highest BCUT2D eigenvalue weighted by atomic mass is 16.3. The molecule has 0 aliphatic carbocycles. The van der Waals surface area contributed by atoms with E-state index in [1.165, 1.54) is 32.2 Å². The summed E-state index contributed by atoms with van der Waals surface area (Å²) in [5.41, 5.74) is 0. The molecule has 1 aliphatic heterocycles. The van der Waals surface area contributed by atoms with Gasteiger partial charge < -0.3 is 10.0 Å². The lowest BCUT2D eigenvalue weighted by Crippen LogP contribution is -2.40. The molecule has 0 radical (unpaired) electrons. The van der Waals surface area contributed by atoms with Crippen LogP contribution in [0.15, 0.2) is 0 Å². The van der Waals surface area contributed by atoms with Gasteiger partial charge in [-0.15, -0.1) is 0 Å². The Balaban J connectivity index is 2.27. The van der Waals surface area contributed by atoms with E-state index in [0.717, 1.165) is 19.0 Å². The van der Waals surface area contributed by atoms with E-state index in [0.29, 0.717) is 0 Å². The molecule has 78 valence electrons. The van der Waals surface area contributed by atoms with Gasteiger partial charge in [0.25, 0.3) is 0 Å². The van der Waals surface area contributed by atoms with E-state index in [2.05, 4.69) is 11.8 Å². The summed E-state index contributed by atoms with van der Waals surface area (Å²) in [6, 6.07) is 0.785. The lowest BCUT2D eigenvalue weighted by molar-refractivity contribution is 0.108. The van der Waals surface area contributed by atoms with E-state index >= 15 is 0 Å². The van der Waals surface area contributed by atoms with E-state index in [-0.39, 0.29) is 6.10 Å². The quantitative estimate of drug-likeness (QED) is 0.724. The van der Waals surface area contributed by atoms with Crippen LogP contribution in [0.4, 0.5) is 0 Å². The molecule has 0 amide bonds. The van der Waals surface area contributed by atoms with Gasteiger partial charge in [0.15, 0.2) is 0 Å². The van der Waals surface area contributed by atoms with Crippen molar-refractivity contribution >= 4 is 0 Å². The summed E-state index contributed by atoms with van der Waals surface area (Å²) < 4.78 is 0. The summed E-state index contributed by atoms with van der Waals surface area (Å²) in [5.74, 6) is 0. The predicted molar refractivity (Wildman–Crippen MR) is 55.8 cm³/mol. The Kier molecular flexibility index (Phi) is 4.74. The van der Waals surface area contributed by atoms with Gasteiger partial charge in [0, 0.05) is 12.6 Å². The molecule has 13 heavy (non-hydrogen) atoms. The lowest BCUT2D eigenvalue weighted by Gasteiger charge is -2.35. The number of nitrogens with zero attached hydrogens (tertiary/aromatic N) is 1. The number of piperidine rings is 1. The van der Waals surface area contributed by atoms with Crippen molar-refractivity contribution < 1.29 is 5.11 Å². The molecule has 0 saturated carbocycles. The van der Waals surface area contributed by atoms with Gasteiger partial charge in [-0.05, 0) is 39.2 Å². The number of likely N-dealkylation sites (tertiary alicyclic amines) is 1.